The molecule has 1 unspecified atom stereocenters. The number of aromatic amines is 1. The minimum Gasteiger partial charge on any atom is -0.392 e. The normalized spacial score (nSPS) is 17.4. The molecule has 2 rings (SSSR count). The lowest BCUT2D eigenvalue weighted by Crippen LogP contribution is -2.49. The molecule has 4 N–H and O–H groups in total. The molecule has 6 nitrogen and oxygen atoms in total. The van der Waals surface area contributed by atoms with E-state index in [0.29, 0.717) is 4.99 Å². The van der Waals surface area contributed by atoms with Crippen molar-refractivity contribution in [3.8, 4) is 0 Å². The van der Waals surface area contributed by atoms with Gasteiger partial charge in [0.2, 0.25) is 0 Å². The summed E-state index contributed by atoms with van der Waals surface area (Å²) in [5, 5.41) is 8.77. The number of nitrogens with zero attached hydrogens (tertiary/aromatic N) is 1. The number of carbonyl (C=O) groups excluding carboxylic acids is 1. The second kappa shape index (κ2) is 6.60. The highest BCUT2D eigenvalue weighted by molar-refractivity contribution is 7.80. The Hall–Kier alpha value is -1.76. The minimum absolute atomic E-state index is 0.154. The molecule has 7 heteroatoms. The van der Waals surface area contributed by atoms with Crippen LogP contribution >= 0.6 is 12.2 Å². The van der Waals surface area contributed by atoms with Crippen LogP contribution in [0, 0.1) is 5.92 Å². The van der Waals surface area contributed by atoms with E-state index < -0.39 is 0 Å². The maximum atomic E-state index is 12.1. The first-order chi connectivity index (χ1) is 9.58. The van der Waals surface area contributed by atoms with Crippen molar-refractivity contribution in [3.63, 3.8) is 0 Å². The fourth-order valence-electron chi connectivity index (χ4n) is 2.57. The van der Waals surface area contributed by atoms with E-state index in [4.69, 9.17) is 18.0 Å². The number of aromatic nitrogens is 2. The molecule has 1 aliphatic rings. The lowest BCUT2D eigenvalue weighted by atomic mass is 9.84. The van der Waals surface area contributed by atoms with Crippen molar-refractivity contribution in [3.05, 3.63) is 28.2 Å². The van der Waals surface area contributed by atoms with Gasteiger partial charge in [-0.1, -0.05) is 31.5 Å². The Kier molecular flexibility index (Phi) is 4.84. The van der Waals surface area contributed by atoms with E-state index in [9.17, 15) is 9.59 Å². The Morgan fingerprint density at radius 2 is 2.10 bits per heavy atom. The van der Waals surface area contributed by atoms with E-state index in [2.05, 4.69) is 15.5 Å². The molecule has 1 saturated carbocycles. The van der Waals surface area contributed by atoms with Crippen molar-refractivity contribution < 1.29 is 4.79 Å². The number of rotatable bonds is 4. The Labute approximate surface area is 122 Å². The smallest absolute Gasteiger partial charge is 0.272 e. The number of amides is 1. The number of hydrogen-bond donors (Lipinski definition) is 3. The molecule has 1 aromatic rings. The number of nitrogens with one attached hydrogen (secondary N) is 2. The monoisotopic (exact) mass is 294 g/mol. The molecule has 0 aliphatic heterocycles. The highest BCUT2D eigenvalue weighted by Gasteiger charge is 2.27. The molecule has 1 aromatic heterocycles. The third kappa shape index (κ3) is 3.63. The summed E-state index contributed by atoms with van der Waals surface area (Å²) in [5.74, 6) is -0.0856. The SMILES string of the molecule is NC(=S)C(NC(=O)c1ccc(=O)[nH]n1)C1CCCCC1. The zero-order chi connectivity index (χ0) is 14.5. The standard InChI is InChI=1S/C13H18N4O2S/c14-12(20)11(8-4-2-1-3-5-8)15-13(19)9-6-7-10(18)17-16-9/h6-8,11H,1-5H2,(H2,14,20)(H,15,19)(H,17,18). The number of H-pyrrole nitrogens is 1. The van der Waals surface area contributed by atoms with Gasteiger partial charge in [-0.3, -0.25) is 9.59 Å². The van der Waals surface area contributed by atoms with Crippen molar-refractivity contribution in [2.45, 2.75) is 38.1 Å². The summed E-state index contributed by atoms with van der Waals surface area (Å²) < 4.78 is 0. The minimum atomic E-state index is -0.371. The van der Waals surface area contributed by atoms with Gasteiger partial charge in [0.25, 0.3) is 11.5 Å². The first-order valence-corrected chi connectivity index (χ1v) is 7.14. The molecule has 1 amide bonds. The van der Waals surface area contributed by atoms with E-state index in [1.807, 2.05) is 0 Å². The van der Waals surface area contributed by atoms with Crippen LogP contribution in [-0.4, -0.2) is 27.1 Å². The molecule has 0 bridgehead atoms. The zero-order valence-corrected chi connectivity index (χ0v) is 11.9. The Morgan fingerprint density at radius 1 is 1.40 bits per heavy atom. The summed E-state index contributed by atoms with van der Waals surface area (Å²) in [6.07, 6.45) is 5.52. The van der Waals surface area contributed by atoms with E-state index >= 15 is 0 Å². The van der Waals surface area contributed by atoms with E-state index in [0.717, 1.165) is 25.7 Å². The predicted molar refractivity (Wildman–Crippen MR) is 79.5 cm³/mol. The summed E-state index contributed by atoms with van der Waals surface area (Å²) in [5.41, 5.74) is 5.56. The molecule has 1 aliphatic carbocycles. The molecule has 20 heavy (non-hydrogen) atoms. The zero-order valence-electron chi connectivity index (χ0n) is 11.1. The van der Waals surface area contributed by atoms with Gasteiger partial charge in [0.15, 0.2) is 0 Å². The second-order valence-corrected chi connectivity index (χ2v) is 5.53. The Bertz CT molecular complexity index is 531. The predicted octanol–water partition coefficient (Wildman–Crippen LogP) is 0.735. The van der Waals surface area contributed by atoms with Crippen molar-refractivity contribution in [1.82, 2.24) is 15.5 Å². The summed E-state index contributed by atoms with van der Waals surface area (Å²) >= 11 is 5.07. The van der Waals surface area contributed by atoms with Crippen LogP contribution in [0.25, 0.3) is 0 Å². The van der Waals surface area contributed by atoms with Gasteiger partial charge in [-0.25, -0.2) is 5.10 Å². The molecular weight excluding hydrogens is 276 g/mol. The number of thiocarbonyl (C=S) groups is 1. The van der Waals surface area contributed by atoms with Gasteiger partial charge in [0.1, 0.15) is 5.69 Å². The summed E-state index contributed by atoms with van der Waals surface area (Å²) in [6, 6.07) is 2.33. The van der Waals surface area contributed by atoms with Crippen LogP contribution in [0.1, 0.15) is 42.6 Å². The van der Waals surface area contributed by atoms with Gasteiger partial charge in [-0.05, 0) is 24.8 Å². The molecule has 1 heterocycles. The molecule has 0 saturated heterocycles. The molecule has 0 radical (unpaired) electrons. The lowest BCUT2D eigenvalue weighted by Gasteiger charge is -2.30. The fourth-order valence-corrected chi connectivity index (χ4v) is 2.83. The first kappa shape index (κ1) is 14.6. The average molecular weight is 294 g/mol. The van der Waals surface area contributed by atoms with Gasteiger partial charge in [0, 0.05) is 6.07 Å². The molecule has 1 fully saturated rings. The highest BCUT2D eigenvalue weighted by atomic mass is 32.1. The number of hydrogen-bond acceptors (Lipinski definition) is 4. The molecule has 1 atom stereocenters. The maximum Gasteiger partial charge on any atom is 0.272 e. The van der Waals surface area contributed by atoms with Crippen molar-refractivity contribution in [2.75, 3.05) is 0 Å². The topological polar surface area (TPSA) is 101 Å². The van der Waals surface area contributed by atoms with Crippen LogP contribution in [0.5, 0.6) is 0 Å². The molecule has 0 aromatic carbocycles. The summed E-state index contributed by atoms with van der Waals surface area (Å²) in [7, 11) is 0. The first-order valence-electron chi connectivity index (χ1n) is 6.74. The van der Waals surface area contributed by atoms with Crippen LogP contribution in [0.2, 0.25) is 0 Å². The number of nitrogens with two attached hydrogens (primary N) is 1. The largest absolute Gasteiger partial charge is 0.392 e. The van der Waals surface area contributed by atoms with Gasteiger partial charge in [0.05, 0.1) is 11.0 Å². The third-order valence-corrected chi connectivity index (χ3v) is 3.88. The van der Waals surface area contributed by atoms with Crippen LogP contribution < -0.4 is 16.6 Å². The van der Waals surface area contributed by atoms with Crippen molar-refractivity contribution in [2.24, 2.45) is 11.7 Å². The summed E-state index contributed by atoms with van der Waals surface area (Å²) in [4.78, 5) is 23.3. The molecule has 0 spiro atoms. The Morgan fingerprint density at radius 3 is 2.65 bits per heavy atom. The molecule has 108 valence electrons. The quantitative estimate of drug-likeness (QED) is 0.711. The number of carbonyl (C=O) groups is 1. The molecular formula is C13H18N4O2S. The summed E-state index contributed by atoms with van der Waals surface area (Å²) in [6.45, 7) is 0. The Balaban J connectivity index is 2.07. The van der Waals surface area contributed by atoms with E-state index in [-0.39, 0.29) is 29.1 Å². The third-order valence-electron chi connectivity index (χ3n) is 3.63. The van der Waals surface area contributed by atoms with E-state index in [1.165, 1.54) is 18.6 Å². The highest BCUT2D eigenvalue weighted by Crippen LogP contribution is 2.26. The second-order valence-electron chi connectivity index (χ2n) is 5.06. The van der Waals surface area contributed by atoms with Crippen molar-refractivity contribution >= 4 is 23.1 Å². The average Bonchev–Trinajstić information content (AvgIpc) is 2.46. The van der Waals surface area contributed by atoms with Gasteiger partial charge >= 0.3 is 0 Å². The maximum absolute atomic E-state index is 12.1. The van der Waals surface area contributed by atoms with Crippen LogP contribution in [0.15, 0.2) is 16.9 Å². The van der Waals surface area contributed by atoms with Crippen LogP contribution in [-0.2, 0) is 0 Å². The van der Waals surface area contributed by atoms with Crippen molar-refractivity contribution in [1.29, 1.82) is 0 Å². The van der Waals surface area contributed by atoms with Crippen LogP contribution in [0.4, 0.5) is 0 Å². The van der Waals surface area contributed by atoms with Gasteiger partial charge in [-0.15, -0.1) is 0 Å². The van der Waals surface area contributed by atoms with Gasteiger partial charge < -0.3 is 11.1 Å². The van der Waals surface area contributed by atoms with E-state index in [1.54, 1.807) is 0 Å². The van der Waals surface area contributed by atoms with Crippen LogP contribution in [0.3, 0.4) is 0 Å². The van der Waals surface area contributed by atoms with Gasteiger partial charge in [-0.2, -0.15) is 5.10 Å². The fraction of sp³-hybridized carbons (Fsp3) is 0.538. The lowest BCUT2D eigenvalue weighted by molar-refractivity contribution is 0.0925.